The number of halogens is 1. The van der Waals surface area contributed by atoms with Crippen LogP contribution >= 0.6 is 0 Å². The van der Waals surface area contributed by atoms with Crippen LogP contribution in [0.3, 0.4) is 0 Å². The summed E-state index contributed by atoms with van der Waals surface area (Å²) in [7, 11) is 0. The van der Waals surface area contributed by atoms with Crippen molar-refractivity contribution in [3.8, 4) is 0 Å². The van der Waals surface area contributed by atoms with Gasteiger partial charge in [-0.2, -0.15) is 0 Å². The number of hydrogen-bond acceptors (Lipinski definition) is 0. The molecule has 0 N–H and O–H groups in total. The first-order valence-electron chi connectivity index (χ1n) is 4.47. The molecule has 0 saturated carbocycles. The van der Waals surface area contributed by atoms with E-state index in [9.17, 15) is 0 Å². The average molecular weight is 271 g/mol. The second kappa shape index (κ2) is 10.7. The molecule has 0 aliphatic rings. The molecule has 0 aromatic rings. The van der Waals surface area contributed by atoms with Gasteiger partial charge >= 0.3 is 31.1 Å². The Balaban J connectivity index is 0. The van der Waals surface area contributed by atoms with Gasteiger partial charge in [-0.3, -0.25) is 0 Å². The number of hydrogen-bond donors (Lipinski definition) is 0. The van der Waals surface area contributed by atoms with Crippen LogP contribution in [0.25, 0.3) is 0 Å². The quantitative estimate of drug-likeness (QED) is 0.515. The monoisotopic (exact) mass is 271 g/mol. The molecule has 0 aromatic carbocycles. The van der Waals surface area contributed by atoms with Crippen molar-refractivity contribution in [1.82, 2.24) is 0 Å². The predicted octanol–water partition coefficient (Wildman–Crippen LogP) is 0.414. The molecule has 0 radical (unpaired) electrons. The molecule has 0 aliphatic carbocycles. The predicted molar refractivity (Wildman–Crippen MR) is 50.8 cm³/mol. The fourth-order valence-corrected chi connectivity index (χ4v) is 0.805. The molecule has 0 nitrogen and oxygen atoms in total. The van der Waals surface area contributed by atoms with E-state index >= 15 is 0 Å². The molecule has 0 bridgehead atoms. The van der Waals surface area contributed by atoms with Gasteiger partial charge in [-0.25, -0.2) is 0 Å². The number of alkyl halides is 2. The van der Waals surface area contributed by atoms with Gasteiger partial charge in [0.25, 0.3) is 0 Å². The molecule has 0 spiro atoms. The Morgan fingerprint density at radius 3 is 1.18 bits per heavy atom. The van der Waals surface area contributed by atoms with Crippen LogP contribution in [0.1, 0.15) is 40.5 Å². The maximum absolute atomic E-state index is 2.33. The van der Waals surface area contributed by atoms with Crippen LogP contribution < -0.4 is 21.2 Å². The summed E-state index contributed by atoms with van der Waals surface area (Å²) >= 11 is 0.590. The van der Waals surface area contributed by atoms with Gasteiger partial charge in [-0.05, 0) is 11.8 Å². The third kappa shape index (κ3) is 10.7. The Kier molecular flexibility index (Phi) is 13.9. The van der Waals surface area contributed by atoms with Gasteiger partial charge in [-0.1, -0.05) is 40.5 Å². The van der Waals surface area contributed by atoms with E-state index in [-0.39, 0.29) is 0 Å². The van der Waals surface area contributed by atoms with Gasteiger partial charge in [0.15, 0.2) is 0 Å². The molecule has 11 heavy (non-hydrogen) atoms. The molecule has 0 saturated heterocycles. The van der Waals surface area contributed by atoms with E-state index in [1.54, 1.807) is 0 Å². The summed E-state index contributed by atoms with van der Waals surface area (Å²) in [5, 5.41) is 0. The van der Waals surface area contributed by atoms with E-state index < -0.39 is 0 Å². The van der Waals surface area contributed by atoms with Gasteiger partial charge in [0.1, 0.15) is 0 Å². The normalized spacial score (nSPS) is 15.1. The van der Waals surface area contributed by atoms with Crippen molar-refractivity contribution in [2.75, 3.05) is 9.86 Å². The molecule has 0 rings (SSSR count). The van der Waals surface area contributed by atoms with E-state index in [0.717, 1.165) is 11.8 Å². The fraction of sp³-hybridized carbons (Fsp3) is 1.00. The van der Waals surface area contributed by atoms with E-state index in [4.69, 9.17) is 0 Å². The molecule has 0 amide bonds. The van der Waals surface area contributed by atoms with E-state index in [1.807, 2.05) is 0 Å². The molecule has 1 heteroatoms. The second-order valence-electron chi connectivity index (χ2n) is 3.15. The summed E-state index contributed by atoms with van der Waals surface area (Å²) in [6, 6.07) is 0. The first-order chi connectivity index (χ1) is 5.13. The van der Waals surface area contributed by atoms with Gasteiger partial charge < -0.3 is 0 Å². The molecule has 1 unspecified atom stereocenters. The van der Waals surface area contributed by atoms with Crippen LogP contribution in [0.5, 0.6) is 0 Å². The van der Waals surface area contributed by atoms with Gasteiger partial charge in [0.2, 0.25) is 0 Å². The van der Waals surface area contributed by atoms with Crippen LogP contribution in [0.2, 0.25) is 0 Å². The van der Waals surface area contributed by atoms with Crippen LogP contribution in [-0.4, -0.2) is 9.86 Å². The second-order valence-corrected chi connectivity index (χ2v) is 5.31. The summed E-state index contributed by atoms with van der Waals surface area (Å²) in [5.74, 6) is 1.83. The first kappa shape index (κ1) is 14.3. The molecule has 0 heterocycles. The van der Waals surface area contributed by atoms with E-state index in [1.165, 1.54) is 12.8 Å². The van der Waals surface area contributed by atoms with Crippen LogP contribution in [0, 0.1) is 11.8 Å². The topological polar surface area (TPSA) is 0 Å². The van der Waals surface area contributed by atoms with Crippen LogP contribution in [0.15, 0.2) is 0 Å². The van der Waals surface area contributed by atoms with Crippen molar-refractivity contribution in [2.24, 2.45) is 11.8 Å². The summed E-state index contributed by atoms with van der Waals surface area (Å²) < 4.78 is 0. The summed E-state index contributed by atoms with van der Waals surface area (Å²) in [5.41, 5.74) is 0. The fourth-order valence-electron chi connectivity index (χ4n) is 0.805. The van der Waals surface area contributed by atoms with E-state index in [2.05, 4.69) is 37.6 Å². The Morgan fingerprint density at radius 1 is 0.909 bits per heavy atom. The molecule has 72 valence electrons. The summed E-state index contributed by atoms with van der Waals surface area (Å²) in [6.07, 6.45) is 2.66. The van der Waals surface area contributed by atoms with Crippen molar-refractivity contribution in [3.05, 3.63) is 0 Å². The molecule has 2 atom stereocenters. The van der Waals surface area contributed by atoms with Gasteiger partial charge in [0.05, 0.1) is 0 Å². The zero-order valence-corrected chi connectivity index (χ0v) is 11.1. The van der Waals surface area contributed by atoms with Crippen molar-refractivity contribution in [1.29, 1.82) is 0 Å². The third-order valence-corrected chi connectivity index (χ3v) is 2.26. The van der Waals surface area contributed by atoms with Crippen molar-refractivity contribution >= 4 is 0 Å². The number of rotatable bonds is 3. The molecule has 0 aromatic heterocycles. The van der Waals surface area contributed by atoms with Crippen molar-refractivity contribution in [2.45, 2.75) is 40.5 Å². The van der Waals surface area contributed by atoms with Crippen molar-refractivity contribution in [3.63, 3.8) is 0 Å². The molecular weight excluding hydrogens is 247 g/mol. The third-order valence-electron chi connectivity index (χ3n) is 2.26. The maximum atomic E-state index is 2.33. The SMILES string of the molecule is CCC(C)[C@@H](C)CC.C[I-]C. The average Bonchev–Trinajstić information content (AvgIpc) is 2.03. The first-order valence-corrected chi connectivity index (χ1v) is 8.79. The van der Waals surface area contributed by atoms with Gasteiger partial charge in [-0.15, -0.1) is 0 Å². The van der Waals surface area contributed by atoms with Crippen LogP contribution in [0.4, 0.5) is 0 Å². The minimum absolute atomic E-state index is 0.590. The van der Waals surface area contributed by atoms with Crippen LogP contribution in [-0.2, 0) is 0 Å². The molecular formula is C10H24I-. The van der Waals surface area contributed by atoms with E-state index in [0.29, 0.717) is 21.2 Å². The Morgan fingerprint density at radius 2 is 1.09 bits per heavy atom. The Hall–Kier alpha value is 0.730. The molecule has 0 fully saturated rings. The minimum atomic E-state index is 0.590. The summed E-state index contributed by atoms with van der Waals surface area (Å²) in [6.45, 7) is 9.18. The zero-order valence-electron chi connectivity index (χ0n) is 8.95. The summed E-state index contributed by atoms with van der Waals surface area (Å²) in [4.78, 5) is 4.47. The molecule has 0 aliphatic heterocycles. The standard InChI is InChI=1S/C8H18.C2H6I/c1-5-7(3)8(4)6-2;1-3-2/h7-8H,5-6H2,1-4H3;1-2H3/q;-1/t7-,8?;/m0./s1. The zero-order chi connectivity index (χ0) is 9.28. The Bertz CT molecular complexity index is 53.9. The van der Waals surface area contributed by atoms with Crippen molar-refractivity contribution < 1.29 is 21.2 Å². The van der Waals surface area contributed by atoms with Gasteiger partial charge in [0, 0.05) is 0 Å². The Labute approximate surface area is 83.4 Å².